The molecule has 0 radical (unpaired) electrons. The highest BCUT2D eigenvalue weighted by Gasteiger charge is 2.44. The maximum atomic E-state index is 13.3. The number of rotatable bonds is 2. The van der Waals surface area contributed by atoms with E-state index in [2.05, 4.69) is 17.1 Å². The second kappa shape index (κ2) is 4.80. The molecule has 1 atom stereocenters. The van der Waals surface area contributed by atoms with Crippen molar-refractivity contribution in [2.45, 2.75) is 25.3 Å². The highest BCUT2D eigenvalue weighted by atomic mass is 35.5. The first kappa shape index (κ1) is 13.5. The van der Waals surface area contributed by atoms with Gasteiger partial charge in [0.25, 0.3) is 0 Å². The number of halogens is 3. The first-order chi connectivity index (χ1) is 8.99. The number of anilines is 1. The first-order valence-corrected chi connectivity index (χ1v) is 7.40. The van der Waals surface area contributed by atoms with Crippen molar-refractivity contribution in [1.82, 2.24) is 5.32 Å². The number of piperazine rings is 1. The van der Waals surface area contributed by atoms with Gasteiger partial charge >= 0.3 is 0 Å². The van der Waals surface area contributed by atoms with E-state index in [-0.39, 0.29) is 11.4 Å². The van der Waals surface area contributed by atoms with Gasteiger partial charge in [0.15, 0.2) is 0 Å². The van der Waals surface area contributed by atoms with E-state index in [1.54, 1.807) is 0 Å². The van der Waals surface area contributed by atoms with E-state index in [0.29, 0.717) is 10.0 Å². The maximum Gasteiger partial charge on any atom is 0.126 e. The van der Waals surface area contributed by atoms with Gasteiger partial charge in [-0.3, -0.25) is 0 Å². The van der Waals surface area contributed by atoms with Gasteiger partial charge in [0.2, 0.25) is 0 Å². The van der Waals surface area contributed by atoms with Gasteiger partial charge < -0.3 is 10.2 Å². The molecular weight excluding hydrogens is 286 g/mol. The van der Waals surface area contributed by atoms with Crippen molar-refractivity contribution in [1.29, 1.82) is 0 Å². The van der Waals surface area contributed by atoms with Crippen LogP contribution < -0.4 is 10.2 Å². The van der Waals surface area contributed by atoms with Crippen LogP contribution in [-0.4, -0.2) is 25.2 Å². The van der Waals surface area contributed by atoms with Gasteiger partial charge in [-0.1, -0.05) is 23.2 Å². The Labute approximate surface area is 122 Å². The van der Waals surface area contributed by atoms with E-state index >= 15 is 0 Å². The van der Waals surface area contributed by atoms with E-state index in [1.165, 1.54) is 25.0 Å². The Morgan fingerprint density at radius 3 is 2.53 bits per heavy atom. The predicted molar refractivity (Wildman–Crippen MR) is 77.8 cm³/mol. The summed E-state index contributed by atoms with van der Waals surface area (Å²) in [5, 5.41) is 4.39. The molecule has 3 rings (SSSR count). The number of benzene rings is 1. The second-order valence-corrected chi connectivity index (χ2v) is 6.57. The molecule has 1 heterocycles. The molecule has 1 unspecified atom stereocenters. The van der Waals surface area contributed by atoms with Crippen molar-refractivity contribution in [3.63, 3.8) is 0 Å². The topological polar surface area (TPSA) is 15.3 Å². The molecule has 1 aliphatic carbocycles. The van der Waals surface area contributed by atoms with Crippen molar-refractivity contribution in [3.8, 4) is 0 Å². The van der Waals surface area contributed by atoms with E-state index in [9.17, 15) is 4.39 Å². The standard InChI is InChI=1S/C14H17Cl2FN2/c1-14(9-2-3-9)8-19(5-4-18-14)13-11(15)6-10(17)7-12(13)16/h6-7,9,18H,2-5,8H2,1H3. The van der Waals surface area contributed by atoms with Crippen LogP contribution in [0.25, 0.3) is 0 Å². The number of hydrogen-bond acceptors (Lipinski definition) is 2. The minimum absolute atomic E-state index is 0.110. The summed E-state index contributed by atoms with van der Waals surface area (Å²) in [4.78, 5) is 2.18. The van der Waals surface area contributed by atoms with Crippen LogP contribution >= 0.6 is 23.2 Å². The molecule has 1 saturated heterocycles. The lowest BCUT2D eigenvalue weighted by Gasteiger charge is -2.43. The second-order valence-electron chi connectivity index (χ2n) is 5.76. The fourth-order valence-electron chi connectivity index (χ4n) is 3.03. The average molecular weight is 303 g/mol. The molecule has 2 fully saturated rings. The lowest BCUT2D eigenvalue weighted by Crippen LogP contribution is -2.60. The van der Waals surface area contributed by atoms with Gasteiger partial charge in [0, 0.05) is 25.2 Å². The quantitative estimate of drug-likeness (QED) is 0.896. The minimum atomic E-state index is -0.390. The Hall–Kier alpha value is -0.510. The van der Waals surface area contributed by atoms with Crippen molar-refractivity contribution < 1.29 is 4.39 Å². The van der Waals surface area contributed by atoms with E-state index < -0.39 is 0 Å². The monoisotopic (exact) mass is 302 g/mol. The number of nitrogens with one attached hydrogen (secondary N) is 1. The van der Waals surface area contributed by atoms with Gasteiger partial charge in [-0.05, 0) is 37.8 Å². The fraction of sp³-hybridized carbons (Fsp3) is 0.571. The normalized spacial score (nSPS) is 27.7. The SMILES string of the molecule is CC1(C2CC2)CN(c2c(Cl)cc(F)cc2Cl)CCN1. The summed E-state index contributed by atoms with van der Waals surface area (Å²) >= 11 is 12.3. The number of nitrogens with zero attached hydrogens (tertiary/aromatic N) is 1. The summed E-state index contributed by atoms with van der Waals surface area (Å²) < 4.78 is 13.3. The van der Waals surface area contributed by atoms with Crippen LogP contribution in [0.1, 0.15) is 19.8 Å². The van der Waals surface area contributed by atoms with Crippen LogP contribution in [0.2, 0.25) is 10.0 Å². The Balaban J connectivity index is 1.89. The molecule has 0 bridgehead atoms. The smallest absolute Gasteiger partial charge is 0.126 e. The first-order valence-electron chi connectivity index (χ1n) is 6.64. The van der Waals surface area contributed by atoms with Crippen LogP contribution in [0.4, 0.5) is 10.1 Å². The Bertz CT molecular complexity index is 481. The Morgan fingerprint density at radius 1 is 1.32 bits per heavy atom. The zero-order valence-corrected chi connectivity index (χ0v) is 12.4. The van der Waals surface area contributed by atoms with Crippen molar-refractivity contribution in [2.75, 3.05) is 24.5 Å². The van der Waals surface area contributed by atoms with Gasteiger partial charge in [-0.25, -0.2) is 4.39 Å². The average Bonchev–Trinajstić information content (AvgIpc) is 3.11. The molecule has 1 aliphatic heterocycles. The third-order valence-corrected chi connectivity index (χ3v) is 4.78. The molecule has 2 aliphatic rings. The van der Waals surface area contributed by atoms with Gasteiger partial charge in [0.1, 0.15) is 5.82 Å². The van der Waals surface area contributed by atoms with Gasteiger partial charge in [-0.15, -0.1) is 0 Å². The fourth-order valence-corrected chi connectivity index (χ4v) is 3.73. The summed E-state index contributed by atoms with van der Waals surface area (Å²) in [6, 6.07) is 2.67. The van der Waals surface area contributed by atoms with Gasteiger partial charge in [-0.2, -0.15) is 0 Å². The molecule has 19 heavy (non-hydrogen) atoms. The minimum Gasteiger partial charge on any atom is -0.366 e. The highest BCUT2D eigenvalue weighted by Crippen LogP contribution is 2.43. The molecule has 1 aromatic rings. The lowest BCUT2D eigenvalue weighted by atomic mass is 9.92. The number of hydrogen-bond donors (Lipinski definition) is 1. The Morgan fingerprint density at radius 2 is 1.95 bits per heavy atom. The van der Waals surface area contributed by atoms with Gasteiger partial charge in [0.05, 0.1) is 15.7 Å². The van der Waals surface area contributed by atoms with E-state index in [1.807, 2.05) is 0 Å². The summed E-state index contributed by atoms with van der Waals surface area (Å²) in [5.41, 5.74) is 0.873. The molecule has 0 spiro atoms. The third kappa shape index (κ3) is 2.56. The zero-order chi connectivity index (χ0) is 13.6. The van der Waals surface area contributed by atoms with Crippen LogP contribution in [0.5, 0.6) is 0 Å². The van der Waals surface area contributed by atoms with Crippen LogP contribution in [-0.2, 0) is 0 Å². The molecule has 1 N–H and O–H groups in total. The summed E-state index contributed by atoms with van der Waals surface area (Å²) in [6.07, 6.45) is 2.56. The summed E-state index contributed by atoms with van der Waals surface area (Å²) in [7, 11) is 0. The molecule has 1 aromatic carbocycles. The summed E-state index contributed by atoms with van der Waals surface area (Å²) in [5.74, 6) is 0.340. The predicted octanol–water partition coefficient (Wildman–Crippen LogP) is 3.71. The summed E-state index contributed by atoms with van der Waals surface area (Å²) in [6.45, 7) is 4.86. The molecule has 104 valence electrons. The maximum absolute atomic E-state index is 13.3. The zero-order valence-electron chi connectivity index (χ0n) is 10.8. The van der Waals surface area contributed by atoms with Crippen LogP contribution in [0.15, 0.2) is 12.1 Å². The lowest BCUT2D eigenvalue weighted by molar-refractivity contribution is 0.285. The molecule has 0 aromatic heterocycles. The molecule has 2 nitrogen and oxygen atoms in total. The van der Waals surface area contributed by atoms with Crippen molar-refractivity contribution >= 4 is 28.9 Å². The Kier molecular flexibility index (Phi) is 3.40. The molecule has 1 saturated carbocycles. The van der Waals surface area contributed by atoms with E-state index in [0.717, 1.165) is 31.2 Å². The van der Waals surface area contributed by atoms with Crippen molar-refractivity contribution in [2.24, 2.45) is 5.92 Å². The van der Waals surface area contributed by atoms with Crippen LogP contribution in [0.3, 0.4) is 0 Å². The molecule has 0 amide bonds. The molecule has 5 heteroatoms. The van der Waals surface area contributed by atoms with Crippen molar-refractivity contribution in [3.05, 3.63) is 28.0 Å². The van der Waals surface area contributed by atoms with Crippen LogP contribution in [0, 0.1) is 11.7 Å². The largest absolute Gasteiger partial charge is 0.366 e. The molecular formula is C14H17Cl2FN2. The third-order valence-electron chi connectivity index (χ3n) is 4.21. The van der Waals surface area contributed by atoms with E-state index in [4.69, 9.17) is 23.2 Å². The highest BCUT2D eigenvalue weighted by molar-refractivity contribution is 6.39.